The fourth-order valence-corrected chi connectivity index (χ4v) is 3.75. The molecule has 0 saturated carbocycles. The molecule has 1 aliphatic heterocycles. The third-order valence-corrected chi connectivity index (χ3v) is 4.93. The molecule has 0 amide bonds. The molecule has 2 rings (SSSR count). The number of rotatable bonds is 3. The van der Waals surface area contributed by atoms with Crippen molar-refractivity contribution in [3.05, 3.63) is 28.8 Å². The van der Waals surface area contributed by atoms with E-state index < -0.39 is 26.8 Å². The molecule has 0 bridgehead atoms. The summed E-state index contributed by atoms with van der Waals surface area (Å²) >= 11 is 5.67. The van der Waals surface area contributed by atoms with Gasteiger partial charge in [0.05, 0.1) is 10.6 Å². The molecule has 0 radical (unpaired) electrons. The van der Waals surface area contributed by atoms with Crippen LogP contribution in [0.4, 0.5) is 13.2 Å². The predicted octanol–water partition coefficient (Wildman–Crippen LogP) is 2.00. The summed E-state index contributed by atoms with van der Waals surface area (Å²) in [5, 5.41) is 2.54. The van der Waals surface area contributed by atoms with Gasteiger partial charge in [0.1, 0.15) is 4.90 Å². The van der Waals surface area contributed by atoms with Gasteiger partial charge in [-0.3, -0.25) is 0 Å². The zero-order valence-electron chi connectivity index (χ0n) is 10.2. The molecule has 1 aromatic rings. The highest BCUT2D eigenvalue weighted by molar-refractivity contribution is 7.89. The Hall–Kier alpha value is -0.830. The third-order valence-electron chi connectivity index (χ3n) is 2.93. The molecular weight excluding hydrogens is 317 g/mol. The van der Waals surface area contributed by atoms with E-state index in [0.29, 0.717) is 31.6 Å². The second kappa shape index (κ2) is 5.51. The minimum atomic E-state index is -4.56. The molecule has 2 N–H and O–H groups in total. The van der Waals surface area contributed by atoms with E-state index in [2.05, 4.69) is 10.0 Å². The Morgan fingerprint density at radius 3 is 2.55 bits per heavy atom. The summed E-state index contributed by atoms with van der Waals surface area (Å²) in [7, 11) is -3.93. The molecule has 0 aliphatic carbocycles. The highest BCUT2D eigenvalue weighted by Gasteiger charge is 2.32. The van der Waals surface area contributed by atoms with E-state index >= 15 is 0 Å². The molecule has 1 heterocycles. The van der Waals surface area contributed by atoms with Gasteiger partial charge in [0.2, 0.25) is 10.0 Å². The highest BCUT2D eigenvalue weighted by Crippen LogP contribution is 2.33. The third kappa shape index (κ3) is 3.43. The molecule has 20 heavy (non-hydrogen) atoms. The van der Waals surface area contributed by atoms with E-state index in [-0.39, 0.29) is 10.9 Å². The lowest BCUT2D eigenvalue weighted by Gasteiger charge is -2.14. The smallest absolute Gasteiger partial charge is 0.315 e. The van der Waals surface area contributed by atoms with Crippen molar-refractivity contribution in [2.45, 2.75) is 23.5 Å². The maximum Gasteiger partial charge on any atom is 0.416 e. The van der Waals surface area contributed by atoms with Crippen LogP contribution < -0.4 is 10.0 Å². The fraction of sp³-hybridized carbons (Fsp3) is 0.455. The SMILES string of the molecule is O=S(=O)(N[C@H]1CCNC1)c1ccc(C(F)(F)F)cc1Cl. The molecule has 1 atom stereocenters. The lowest BCUT2D eigenvalue weighted by Crippen LogP contribution is -2.36. The summed E-state index contributed by atoms with van der Waals surface area (Å²) in [6.07, 6.45) is -3.94. The first-order valence-corrected chi connectivity index (χ1v) is 7.66. The van der Waals surface area contributed by atoms with E-state index in [4.69, 9.17) is 11.6 Å². The quantitative estimate of drug-likeness (QED) is 0.892. The van der Waals surface area contributed by atoms with Crippen LogP contribution in [0.2, 0.25) is 5.02 Å². The molecule has 1 aromatic carbocycles. The molecule has 0 unspecified atom stereocenters. The second-order valence-corrected chi connectivity index (χ2v) is 6.54. The standard InChI is InChI=1S/C11H12ClF3N2O2S/c12-9-5-7(11(13,14)15)1-2-10(9)20(18,19)17-8-3-4-16-6-8/h1-2,5,8,16-17H,3-4,6H2/t8-/m0/s1. The number of nitrogens with one attached hydrogen (secondary N) is 2. The van der Waals surface area contributed by atoms with Crippen molar-refractivity contribution >= 4 is 21.6 Å². The number of halogens is 4. The number of benzene rings is 1. The van der Waals surface area contributed by atoms with Crippen molar-refractivity contribution in [1.29, 1.82) is 0 Å². The van der Waals surface area contributed by atoms with Crippen LogP contribution in [0.5, 0.6) is 0 Å². The van der Waals surface area contributed by atoms with Crippen LogP contribution in [0, 0.1) is 0 Å². The van der Waals surface area contributed by atoms with Gasteiger partial charge < -0.3 is 5.32 Å². The number of alkyl halides is 3. The van der Waals surface area contributed by atoms with Crippen LogP contribution in [-0.2, 0) is 16.2 Å². The Labute approximate surface area is 119 Å². The Balaban J connectivity index is 2.28. The largest absolute Gasteiger partial charge is 0.416 e. The van der Waals surface area contributed by atoms with Gasteiger partial charge in [0.15, 0.2) is 0 Å². The maximum atomic E-state index is 12.5. The van der Waals surface area contributed by atoms with Crippen molar-refractivity contribution in [1.82, 2.24) is 10.0 Å². The summed E-state index contributed by atoms with van der Waals surface area (Å²) < 4.78 is 64.0. The van der Waals surface area contributed by atoms with E-state index in [1.165, 1.54) is 0 Å². The Morgan fingerprint density at radius 2 is 2.05 bits per heavy atom. The summed E-state index contributed by atoms with van der Waals surface area (Å²) in [4.78, 5) is -0.348. The lowest BCUT2D eigenvalue weighted by atomic mass is 10.2. The first-order valence-electron chi connectivity index (χ1n) is 5.80. The molecule has 1 fully saturated rings. The van der Waals surface area contributed by atoms with Crippen LogP contribution in [0.15, 0.2) is 23.1 Å². The predicted molar refractivity (Wildman–Crippen MR) is 68.1 cm³/mol. The average Bonchev–Trinajstić information content (AvgIpc) is 2.79. The molecule has 9 heteroatoms. The molecule has 4 nitrogen and oxygen atoms in total. The minimum Gasteiger partial charge on any atom is -0.315 e. The second-order valence-electron chi connectivity index (χ2n) is 4.45. The first kappa shape index (κ1) is 15.6. The van der Waals surface area contributed by atoms with Gasteiger partial charge in [-0.15, -0.1) is 0 Å². The van der Waals surface area contributed by atoms with Crippen LogP contribution >= 0.6 is 11.6 Å². The molecular formula is C11H12ClF3N2O2S. The van der Waals surface area contributed by atoms with E-state index in [1.807, 2.05) is 0 Å². The summed E-state index contributed by atoms with van der Waals surface area (Å²) in [6.45, 7) is 1.17. The van der Waals surface area contributed by atoms with Crippen LogP contribution in [0.1, 0.15) is 12.0 Å². The van der Waals surface area contributed by atoms with Crippen LogP contribution in [0.3, 0.4) is 0 Å². The summed E-state index contributed by atoms with van der Waals surface area (Å²) in [6, 6.07) is 1.91. The lowest BCUT2D eigenvalue weighted by molar-refractivity contribution is -0.137. The minimum absolute atomic E-state index is 0.279. The zero-order chi connectivity index (χ0) is 15.0. The molecule has 112 valence electrons. The van der Waals surface area contributed by atoms with Gasteiger partial charge in [-0.1, -0.05) is 11.6 Å². The van der Waals surface area contributed by atoms with Crippen molar-refractivity contribution in [3.63, 3.8) is 0 Å². The van der Waals surface area contributed by atoms with Gasteiger partial charge >= 0.3 is 6.18 Å². The van der Waals surface area contributed by atoms with E-state index in [9.17, 15) is 21.6 Å². The Bertz CT molecular complexity index is 598. The zero-order valence-corrected chi connectivity index (χ0v) is 11.7. The highest BCUT2D eigenvalue weighted by atomic mass is 35.5. The normalized spacial score (nSPS) is 20.3. The van der Waals surface area contributed by atoms with Gasteiger partial charge in [-0.05, 0) is 31.2 Å². The summed E-state index contributed by atoms with van der Waals surface area (Å²) in [5.74, 6) is 0. The fourth-order valence-electron chi connectivity index (χ4n) is 1.93. The van der Waals surface area contributed by atoms with Gasteiger partial charge in [-0.25, -0.2) is 13.1 Å². The van der Waals surface area contributed by atoms with E-state index in [1.54, 1.807) is 0 Å². The van der Waals surface area contributed by atoms with Crippen molar-refractivity contribution in [2.24, 2.45) is 0 Å². The van der Waals surface area contributed by atoms with E-state index in [0.717, 1.165) is 6.07 Å². The molecule has 0 spiro atoms. The Morgan fingerprint density at radius 1 is 1.35 bits per heavy atom. The van der Waals surface area contributed by atoms with Crippen LogP contribution in [0.25, 0.3) is 0 Å². The monoisotopic (exact) mass is 328 g/mol. The Kier molecular flexibility index (Phi) is 4.29. The summed E-state index contributed by atoms with van der Waals surface area (Å²) in [5.41, 5.74) is -0.982. The van der Waals surface area contributed by atoms with Gasteiger partial charge in [0.25, 0.3) is 0 Å². The maximum absolute atomic E-state index is 12.5. The molecule has 1 saturated heterocycles. The number of sulfonamides is 1. The van der Waals surface area contributed by atoms with Crippen LogP contribution in [-0.4, -0.2) is 27.5 Å². The topological polar surface area (TPSA) is 58.2 Å². The van der Waals surface area contributed by atoms with Crippen molar-refractivity contribution in [2.75, 3.05) is 13.1 Å². The first-order chi connectivity index (χ1) is 9.20. The van der Waals surface area contributed by atoms with Crippen molar-refractivity contribution < 1.29 is 21.6 Å². The molecule has 1 aliphatic rings. The van der Waals surface area contributed by atoms with Gasteiger partial charge in [0, 0.05) is 12.6 Å². The van der Waals surface area contributed by atoms with Gasteiger partial charge in [-0.2, -0.15) is 13.2 Å². The number of hydrogen-bond donors (Lipinski definition) is 2. The molecule has 0 aromatic heterocycles. The number of hydrogen-bond acceptors (Lipinski definition) is 3. The van der Waals surface area contributed by atoms with Crippen molar-refractivity contribution in [3.8, 4) is 0 Å². The average molecular weight is 329 g/mol.